The van der Waals surface area contributed by atoms with Gasteiger partial charge in [0.15, 0.2) is 0 Å². The van der Waals surface area contributed by atoms with E-state index in [4.69, 9.17) is 4.74 Å². The Morgan fingerprint density at radius 3 is 2.57 bits per heavy atom. The van der Waals surface area contributed by atoms with Gasteiger partial charge in [0.2, 0.25) is 0 Å². The first kappa shape index (κ1) is 16.1. The van der Waals surface area contributed by atoms with E-state index in [1.807, 2.05) is 32.2 Å². The van der Waals surface area contributed by atoms with Gasteiger partial charge in [-0.25, -0.2) is 4.68 Å². The Morgan fingerprint density at radius 1 is 1.17 bits per heavy atom. The number of rotatable bonds is 5. The van der Waals surface area contributed by atoms with Crippen LogP contribution >= 0.6 is 0 Å². The molecule has 1 aromatic heterocycles. The fourth-order valence-electron chi connectivity index (χ4n) is 2.97. The maximum absolute atomic E-state index is 10.4. The van der Waals surface area contributed by atoms with Crippen LogP contribution in [0.5, 0.6) is 0 Å². The molecule has 6 nitrogen and oxygen atoms in total. The molecule has 0 radical (unpaired) electrons. The van der Waals surface area contributed by atoms with E-state index in [2.05, 4.69) is 21.3 Å². The molecule has 0 aliphatic carbocycles. The summed E-state index contributed by atoms with van der Waals surface area (Å²) < 4.78 is 7.07. The summed E-state index contributed by atoms with van der Waals surface area (Å²) in [6.07, 6.45) is 1.34. The smallest absolute Gasteiger partial charge is 0.0986 e. The first-order valence-electron chi connectivity index (χ1n) is 8.05. The third-order valence-electron chi connectivity index (χ3n) is 4.06. The maximum atomic E-state index is 10.4. The van der Waals surface area contributed by atoms with E-state index in [0.717, 1.165) is 55.2 Å². The normalized spacial score (nSPS) is 17.3. The van der Waals surface area contributed by atoms with Crippen LogP contribution in [0.25, 0.3) is 0 Å². The molecule has 0 bridgehead atoms. The van der Waals surface area contributed by atoms with E-state index >= 15 is 0 Å². The summed E-state index contributed by atoms with van der Waals surface area (Å²) in [6, 6.07) is 6.14. The number of ether oxygens (including phenoxy) is 1. The molecule has 0 saturated carbocycles. The van der Waals surface area contributed by atoms with Crippen LogP contribution in [0.4, 0.5) is 0 Å². The van der Waals surface area contributed by atoms with Crippen LogP contribution < -0.4 is 0 Å². The predicted molar refractivity (Wildman–Crippen MR) is 87.0 cm³/mol. The second-order valence-corrected chi connectivity index (χ2v) is 6.26. The molecule has 2 aromatic rings. The standard InChI is InChI=1S/C17H24N4O2/c1-13-7-14(2)9-15(8-13)17(22)12-21-11-16(18-19-21)10-20-3-5-23-6-4-20/h7-9,11,17,22H,3-6,10,12H2,1-2H3. The molecular formula is C17H24N4O2. The number of hydrogen-bond acceptors (Lipinski definition) is 5. The summed E-state index contributed by atoms with van der Waals surface area (Å²) in [4.78, 5) is 2.30. The minimum Gasteiger partial charge on any atom is -0.386 e. The summed E-state index contributed by atoms with van der Waals surface area (Å²) in [7, 11) is 0. The molecule has 1 saturated heterocycles. The van der Waals surface area contributed by atoms with Crippen LogP contribution in [0.15, 0.2) is 24.4 Å². The van der Waals surface area contributed by atoms with Gasteiger partial charge >= 0.3 is 0 Å². The Kier molecular flexibility index (Phi) is 5.05. The lowest BCUT2D eigenvalue weighted by atomic mass is 10.0. The number of aromatic nitrogens is 3. The van der Waals surface area contributed by atoms with Crippen molar-refractivity contribution in [3.63, 3.8) is 0 Å². The SMILES string of the molecule is Cc1cc(C)cc(C(O)Cn2cc(CN3CCOCC3)nn2)c1. The molecule has 6 heteroatoms. The molecule has 2 heterocycles. The highest BCUT2D eigenvalue weighted by atomic mass is 16.5. The number of aliphatic hydroxyl groups excluding tert-OH is 1. The second kappa shape index (κ2) is 7.21. The van der Waals surface area contributed by atoms with E-state index < -0.39 is 6.10 Å². The molecule has 0 spiro atoms. The van der Waals surface area contributed by atoms with Gasteiger partial charge in [-0.05, 0) is 19.4 Å². The van der Waals surface area contributed by atoms with Crippen molar-refractivity contribution in [2.75, 3.05) is 26.3 Å². The number of hydrogen-bond donors (Lipinski definition) is 1. The Hall–Kier alpha value is -1.76. The van der Waals surface area contributed by atoms with Crippen LogP contribution in [-0.2, 0) is 17.8 Å². The first-order chi connectivity index (χ1) is 11.1. The zero-order valence-electron chi connectivity index (χ0n) is 13.8. The number of aliphatic hydroxyl groups is 1. The van der Waals surface area contributed by atoms with Crippen molar-refractivity contribution in [1.82, 2.24) is 19.9 Å². The second-order valence-electron chi connectivity index (χ2n) is 6.26. The molecule has 1 atom stereocenters. The fraction of sp³-hybridized carbons (Fsp3) is 0.529. The van der Waals surface area contributed by atoms with Crippen LogP contribution in [0.3, 0.4) is 0 Å². The van der Waals surface area contributed by atoms with E-state index in [0.29, 0.717) is 6.54 Å². The number of benzene rings is 1. The lowest BCUT2D eigenvalue weighted by Gasteiger charge is -2.25. The van der Waals surface area contributed by atoms with Gasteiger partial charge in [0.05, 0.1) is 31.6 Å². The van der Waals surface area contributed by atoms with E-state index in [-0.39, 0.29) is 0 Å². The maximum Gasteiger partial charge on any atom is 0.0986 e. The Labute approximate surface area is 136 Å². The van der Waals surface area contributed by atoms with Gasteiger partial charge in [0, 0.05) is 25.8 Å². The first-order valence-corrected chi connectivity index (χ1v) is 8.05. The molecule has 1 aliphatic rings. The summed E-state index contributed by atoms with van der Waals surface area (Å²) >= 11 is 0. The van der Waals surface area contributed by atoms with Gasteiger partial charge in [-0.3, -0.25) is 4.90 Å². The summed E-state index contributed by atoms with van der Waals surface area (Å²) in [5.41, 5.74) is 4.17. The molecule has 1 unspecified atom stereocenters. The van der Waals surface area contributed by atoms with Crippen molar-refractivity contribution in [1.29, 1.82) is 0 Å². The minimum absolute atomic E-state index is 0.416. The molecule has 0 amide bonds. The van der Waals surface area contributed by atoms with Gasteiger partial charge in [-0.2, -0.15) is 0 Å². The van der Waals surface area contributed by atoms with Crippen molar-refractivity contribution in [3.05, 3.63) is 46.8 Å². The Bertz CT molecular complexity index is 630. The molecule has 3 rings (SSSR count). The number of aryl methyl sites for hydroxylation is 2. The lowest BCUT2D eigenvalue weighted by Crippen LogP contribution is -2.35. The summed E-state index contributed by atoms with van der Waals surface area (Å²) in [5.74, 6) is 0. The average Bonchev–Trinajstić information content (AvgIpc) is 2.94. The third-order valence-corrected chi connectivity index (χ3v) is 4.06. The van der Waals surface area contributed by atoms with Crippen molar-refractivity contribution < 1.29 is 9.84 Å². The molecule has 1 fully saturated rings. The van der Waals surface area contributed by atoms with Gasteiger partial charge in [0.1, 0.15) is 0 Å². The van der Waals surface area contributed by atoms with E-state index in [9.17, 15) is 5.11 Å². The van der Waals surface area contributed by atoms with E-state index in [1.165, 1.54) is 0 Å². The average molecular weight is 316 g/mol. The zero-order valence-corrected chi connectivity index (χ0v) is 13.8. The third kappa shape index (κ3) is 4.37. The zero-order chi connectivity index (χ0) is 16.2. The van der Waals surface area contributed by atoms with Crippen LogP contribution in [0.1, 0.15) is 28.5 Å². The molecule has 124 valence electrons. The van der Waals surface area contributed by atoms with Crippen molar-refractivity contribution in [3.8, 4) is 0 Å². The lowest BCUT2D eigenvalue weighted by molar-refractivity contribution is 0.0336. The van der Waals surface area contributed by atoms with Crippen molar-refractivity contribution >= 4 is 0 Å². The molecule has 23 heavy (non-hydrogen) atoms. The topological polar surface area (TPSA) is 63.4 Å². The fourth-order valence-corrected chi connectivity index (χ4v) is 2.97. The highest BCUT2D eigenvalue weighted by Crippen LogP contribution is 2.18. The van der Waals surface area contributed by atoms with Crippen LogP contribution in [0, 0.1) is 13.8 Å². The van der Waals surface area contributed by atoms with Crippen LogP contribution in [-0.4, -0.2) is 51.3 Å². The highest BCUT2D eigenvalue weighted by Gasteiger charge is 2.14. The number of nitrogens with zero attached hydrogens (tertiary/aromatic N) is 4. The van der Waals surface area contributed by atoms with Crippen LogP contribution in [0.2, 0.25) is 0 Å². The van der Waals surface area contributed by atoms with Gasteiger partial charge in [-0.1, -0.05) is 34.5 Å². The van der Waals surface area contributed by atoms with Crippen molar-refractivity contribution in [2.24, 2.45) is 0 Å². The molecule has 1 N–H and O–H groups in total. The van der Waals surface area contributed by atoms with E-state index in [1.54, 1.807) is 4.68 Å². The largest absolute Gasteiger partial charge is 0.386 e. The Morgan fingerprint density at radius 2 is 1.87 bits per heavy atom. The molecule has 1 aromatic carbocycles. The minimum atomic E-state index is -0.577. The highest BCUT2D eigenvalue weighted by molar-refractivity contribution is 5.29. The van der Waals surface area contributed by atoms with Gasteiger partial charge in [0.25, 0.3) is 0 Å². The number of morpholine rings is 1. The van der Waals surface area contributed by atoms with Gasteiger partial charge in [-0.15, -0.1) is 5.10 Å². The molecule has 1 aliphatic heterocycles. The Balaban J connectivity index is 1.61. The summed E-state index contributed by atoms with van der Waals surface area (Å²) in [6.45, 7) is 8.69. The van der Waals surface area contributed by atoms with Gasteiger partial charge < -0.3 is 9.84 Å². The monoisotopic (exact) mass is 316 g/mol. The molecular weight excluding hydrogens is 292 g/mol. The van der Waals surface area contributed by atoms with Crippen molar-refractivity contribution in [2.45, 2.75) is 33.0 Å². The predicted octanol–water partition coefficient (Wildman–Crippen LogP) is 1.46. The quantitative estimate of drug-likeness (QED) is 0.905. The summed E-state index contributed by atoms with van der Waals surface area (Å²) in [5, 5.41) is 18.8.